The van der Waals surface area contributed by atoms with Crippen LogP contribution >= 0.6 is 23.5 Å². The van der Waals surface area contributed by atoms with Gasteiger partial charge >= 0.3 is 6.18 Å². The van der Waals surface area contributed by atoms with Gasteiger partial charge < -0.3 is 5.73 Å². The zero-order valence-electron chi connectivity index (χ0n) is 10.0. The van der Waals surface area contributed by atoms with Gasteiger partial charge in [-0.2, -0.15) is 24.9 Å². The molecule has 0 saturated carbocycles. The van der Waals surface area contributed by atoms with Gasteiger partial charge in [0.15, 0.2) is 0 Å². The summed E-state index contributed by atoms with van der Waals surface area (Å²) in [5.41, 5.74) is 5.01. The predicted molar refractivity (Wildman–Crippen MR) is 73.1 cm³/mol. The maximum absolute atomic E-state index is 12.5. The number of rotatable bonds is 6. The highest BCUT2D eigenvalue weighted by Crippen LogP contribution is 2.31. The SMILES string of the molecule is CC(N)CSCCSc1cccc(C(F)(F)F)c1. The van der Waals surface area contributed by atoms with E-state index in [1.165, 1.54) is 23.9 Å². The minimum atomic E-state index is -4.26. The Morgan fingerprint density at radius 3 is 2.61 bits per heavy atom. The average Bonchev–Trinajstić information content (AvgIpc) is 2.27. The van der Waals surface area contributed by atoms with Crippen molar-refractivity contribution in [2.75, 3.05) is 17.3 Å². The average molecular weight is 295 g/mol. The molecule has 0 bridgehead atoms. The lowest BCUT2D eigenvalue weighted by atomic mass is 10.2. The highest BCUT2D eigenvalue weighted by Gasteiger charge is 2.30. The van der Waals surface area contributed by atoms with Crippen molar-refractivity contribution in [2.24, 2.45) is 5.73 Å². The van der Waals surface area contributed by atoms with E-state index in [1.54, 1.807) is 17.8 Å². The van der Waals surface area contributed by atoms with Crippen LogP contribution < -0.4 is 5.73 Å². The summed E-state index contributed by atoms with van der Waals surface area (Å²) in [7, 11) is 0. The van der Waals surface area contributed by atoms with E-state index in [4.69, 9.17) is 5.73 Å². The van der Waals surface area contributed by atoms with Gasteiger partial charge in [-0.3, -0.25) is 0 Å². The molecule has 1 aromatic rings. The number of alkyl halides is 3. The summed E-state index contributed by atoms with van der Waals surface area (Å²) in [5, 5.41) is 0. The number of nitrogens with two attached hydrogens (primary N) is 1. The fourth-order valence-corrected chi connectivity index (χ4v) is 3.21. The van der Waals surface area contributed by atoms with E-state index in [1.807, 2.05) is 6.92 Å². The van der Waals surface area contributed by atoms with E-state index >= 15 is 0 Å². The molecule has 0 radical (unpaired) electrons. The molecule has 0 amide bonds. The van der Waals surface area contributed by atoms with Gasteiger partial charge in [0.25, 0.3) is 0 Å². The Labute approximate surface area is 114 Å². The number of hydrogen-bond donors (Lipinski definition) is 1. The fourth-order valence-electron chi connectivity index (χ4n) is 1.25. The Bertz CT molecular complexity index is 367. The second-order valence-corrected chi connectivity index (χ2v) is 6.24. The third-order valence-electron chi connectivity index (χ3n) is 2.04. The van der Waals surface area contributed by atoms with Crippen LogP contribution in [0.4, 0.5) is 13.2 Å². The van der Waals surface area contributed by atoms with Gasteiger partial charge in [0, 0.05) is 28.2 Å². The lowest BCUT2D eigenvalue weighted by Gasteiger charge is -2.08. The summed E-state index contributed by atoms with van der Waals surface area (Å²) in [6, 6.07) is 5.60. The number of halogens is 3. The van der Waals surface area contributed by atoms with E-state index in [2.05, 4.69) is 0 Å². The van der Waals surface area contributed by atoms with Gasteiger partial charge in [-0.15, -0.1) is 11.8 Å². The molecule has 1 nitrogen and oxygen atoms in total. The van der Waals surface area contributed by atoms with Crippen molar-refractivity contribution in [3.05, 3.63) is 29.8 Å². The lowest BCUT2D eigenvalue weighted by Crippen LogP contribution is -2.17. The number of hydrogen-bond acceptors (Lipinski definition) is 3. The van der Waals surface area contributed by atoms with Crippen molar-refractivity contribution >= 4 is 23.5 Å². The van der Waals surface area contributed by atoms with Crippen LogP contribution in [0, 0.1) is 0 Å². The fraction of sp³-hybridized carbons (Fsp3) is 0.500. The molecular formula is C12H16F3NS2. The van der Waals surface area contributed by atoms with E-state index in [-0.39, 0.29) is 6.04 Å². The second kappa shape index (κ2) is 7.31. The largest absolute Gasteiger partial charge is 0.416 e. The summed E-state index contributed by atoms with van der Waals surface area (Å²) in [6.45, 7) is 1.94. The summed E-state index contributed by atoms with van der Waals surface area (Å²) in [6.07, 6.45) is -4.26. The Balaban J connectivity index is 2.39. The third kappa shape index (κ3) is 6.02. The molecule has 0 fully saturated rings. The first-order valence-electron chi connectivity index (χ1n) is 5.53. The van der Waals surface area contributed by atoms with Crippen molar-refractivity contribution in [1.29, 1.82) is 0 Å². The summed E-state index contributed by atoms with van der Waals surface area (Å²) in [4.78, 5) is 0.659. The molecule has 0 aliphatic heterocycles. The van der Waals surface area contributed by atoms with Crippen LogP contribution in [0.5, 0.6) is 0 Å². The lowest BCUT2D eigenvalue weighted by molar-refractivity contribution is -0.137. The van der Waals surface area contributed by atoms with E-state index < -0.39 is 11.7 Å². The van der Waals surface area contributed by atoms with Gasteiger partial charge in [-0.25, -0.2) is 0 Å². The summed E-state index contributed by atoms with van der Waals surface area (Å²) < 4.78 is 37.4. The molecule has 1 unspecified atom stereocenters. The summed E-state index contributed by atoms with van der Waals surface area (Å²) >= 11 is 3.16. The van der Waals surface area contributed by atoms with E-state index in [0.717, 1.165) is 23.3 Å². The predicted octanol–water partition coefficient (Wildman–Crippen LogP) is 3.88. The molecule has 18 heavy (non-hydrogen) atoms. The zero-order chi connectivity index (χ0) is 13.6. The zero-order valence-corrected chi connectivity index (χ0v) is 11.7. The Morgan fingerprint density at radius 1 is 1.28 bits per heavy atom. The van der Waals surface area contributed by atoms with Crippen LogP contribution in [-0.4, -0.2) is 23.3 Å². The molecule has 1 rings (SSSR count). The topological polar surface area (TPSA) is 26.0 Å². The number of thioether (sulfide) groups is 2. The van der Waals surface area contributed by atoms with E-state index in [9.17, 15) is 13.2 Å². The highest BCUT2D eigenvalue weighted by atomic mass is 32.2. The molecule has 0 spiro atoms. The molecule has 0 aromatic heterocycles. The minimum Gasteiger partial charge on any atom is -0.327 e. The van der Waals surface area contributed by atoms with Crippen molar-refractivity contribution in [3.8, 4) is 0 Å². The van der Waals surface area contributed by atoms with Crippen LogP contribution in [0.3, 0.4) is 0 Å². The smallest absolute Gasteiger partial charge is 0.327 e. The molecule has 2 N–H and O–H groups in total. The van der Waals surface area contributed by atoms with Crippen molar-refractivity contribution in [3.63, 3.8) is 0 Å². The van der Waals surface area contributed by atoms with Gasteiger partial charge in [-0.05, 0) is 25.1 Å². The summed E-state index contributed by atoms with van der Waals surface area (Å²) in [5.74, 6) is 2.56. The molecule has 6 heteroatoms. The van der Waals surface area contributed by atoms with Crippen molar-refractivity contribution < 1.29 is 13.2 Å². The Hall–Kier alpha value is -0.330. The third-order valence-corrected chi connectivity index (χ3v) is 4.55. The van der Waals surface area contributed by atoms with Gasteiger partial charge in [0.1, 0.15) is 0 Å². The van der Waals surface area contributed by atoms with Crippen molar-refractivity contribution in [1.82, 2.24) is 0 Å². The molecule has 0 saturated heterocycles. The molecule has 1 atom stereocenters. The monoisotopic (exact) mass is 295 g/mol. The first-order chi connectivity index (χ1) is 8.39. The van der Waals surface area contributed by atoms with Crippen molar-refractivity contribution in [2.45, 2.75) is 24.0 Å². The number of benzene rings is 1. The van der Waals surface area contributed by atoms with E-state index in [0.29, 0.717) is 4.90 Å². The Kier molecular flexibility index (Phi) is 6.38. The van der Waals surface area contributed by atoms with Crippen LogP contribution in [0.1, 0.15) is 12.5 Å². The first-order valence-corrected chi connectivity index (χ1v) is 7.67. The first kappa shape index (κ1) is 15.7. The van der Waals surface area contributed by atoms with Crippen LogP contribution in [0.15, 0.2) is 29.2 Å². The normalized spacial score (nSPS) is 13.6. The standard InChI is InChI=1S/C12H16F3NS2/c1-9(16)8-17-5-6-18-11-4-2-3-10(7-11)12(13,14)15/h2-4,7,9H,5-6,8,16H2,1H3. The highest BCUT2D eigenvalue weighted by molar-refractivity contribution is 8.03. The quantitative estimate of drug-likeness (QED) is 0.637. The molecule has 1 aromatic carbocycles. The van der Waals surface area contributed by atoms with Crippen LogP contribution in [0.2, 0.25) is 0 Å². The maximum Gasteiger partial charge on any atom is 0.416 e. The maximum atomic E-state index is 12.5. The molecule has 0 aliphatic carbocycles. The van der Waals surface area contributed by atoms with Crippen LogP contribution in [0.25, 0.3) is 0 Å². The Morgan fingerprint density at radius 2 is 2.00 bits per heavy atom. The van der Waals surface area contributed by atoms with Gasteiger partial charge in [-0.1, -0.05) is 6.07 Å². The molecule has 0 aliphatic rings. The van der Waals surface area contributed by atoms with Gasteiger partial charge in [0.05, 0.1) is 5.56 Å². The van der Waals surface area contributed by atoms with Gasteiger partial charge in [0.2, 0.25) is 0 Å². The van der Waals surface area contributed by atoms with Crippen LogP contribution in [-0.2, 0) is 6.18 Å². The molecule has 102 valence electrons. The second-order valence-electron chi connectivity index (χ2n) is 3.93. The molecular weight excluding hydrogens is 279 g/mol. The molecule has 0 heterocycles. The minimum absolute atomic E-state index is 0.161.